The molecule has 0 fully saturated rings. The Morgan fingerprint density at radius 1 is 1.35 bits per heavy atom. The van der Waals surface area contributed by atoms with Gasteiger partial charge < -0.3 is 15.2 Å². The number of ether oxygens (including phenoxy) is 2. The van der Waals surface area contributed by atoms with Crippen molar-refractivity contribution in [2.45, 2.75) is 18.9 Å². The average molecular weight is 300 g/mol. The van der Waals surface area contributed by atoms with Crippen molar-refractivity contribution in [3.05, 3.63) is 34.8 Å². The van der Waals surface area contributed by atoms with E-state index in [9.17, 15) is 0 Å². The minimum Gasteiger partial charge on any atom is -0.495 e. The number of methoxy groups -OCH3 is 2. The molecule has 3 nitrogen and oxygen atoms in total. The molecule has 0 radical (unpaired) electrons. The zero-order chi connectivity index (χ0) is 12.8. The van der Waals surface area contributed by atoms with Crippen molar-refractivity contribution in [3.8, 4) is 11.5 Å². The zero-order valence-corrected chi connectivity index (χ0v) is 11.8. The molecule has 1 aromatic carbocycles. The van der Waals surface area contributed by atoms with Gasteiger partial charge in [0.05, 0.1) is 14.2 Å². The summed E-state index contributed by atoms with van der Waals surface area (Å²) in [4.78, 5) is 0. The molecule has 0 spiro atoms. The molecule has 0 aliphatic carbocycles. The van der Waals surface area contributed by atoms with Gasteiger partial charge in [-0.15, -0.1) is 6.58 Å². The van der Waals surface area contributed by atoms with E-state index in [1.165, 1.54) is 0 Å². The summed E-state index contributed by atoms with van der Waals surface area (Å²) in [5.41, 5.74) is 7.11. The second-order valence-corrected chi connectivity index (χ2v) is 4.50. The van der Waals surface area contributed by atoms with Crippen molar-refractivity contribution in [2.75, 3.05) is 14.2 Å². The molecule has 0 saturated heterocycles. The molecule has 1 aromatic rings. The molecule has 17 heavy (non-hydrogen) atoms. The summed E-state index contributed by atoms with van der Waals surface area (Å²) in [5, 5.41) is 0. The highest BCUT2D eigenvalue weighted by molar-refractivity contribution is 9.10. The van der Waals surface area contributed by atoms with Crippen LogP contribution in [0.5, 0.6) is 11.5 Å². The Morgan fingerprint density at radius 2 is 1.88 bits per heavy atom. The highest BCUT2D eigenvalue weighted by Crippen LogP contribution is 2.37. The molecule has 0 heterocycles. The van der Waals surface area contributed by atoms with Crippen LogP contribution in [0.3, 0.4) is 0 Å². The van der Waals surface area contributed by atoms with E-state index >= 15 is 0 Å². The summed E-state index contributed by atoms with van der Waals surface area (Å²) in [6.45, 7) is 3.70. The molecular weight excluding hydrogens is 282 g/mol. The molecule has 1 rings (SSSR count). The van der Waals surface area contributed by atoms with E-state index in [-0.39, 0.29) is 6.04 Å². The van der Waals surface area contributed by atoms with Crippen LogP contribution in [0.2, 0.25) is 0 Å². The van der Waals surface area contributed by atoms with E-state index in [2.05, 4.69) is 22.5 Å². The Bertz CT molecular complexity index is 368. The summed E-state index contributed by atoms with van der Waals surface area (Å²) >= 11 is 3.43. The highest BCUT2D eigenvalue weighted by atomic mass is 79.9. The molecule has 0 aliphatic heterocycles. The Kier molecular flexibility index (Phi) is 5.51. The third-order valence-corrected chi connectivity index (χ3v) is 3.36. The predicted molar refractivity (Wildman–Crippen MR) is 73.6 cm³/mol. The number of rotatable bonds is 6. The molecule has 2 N–H and O–H groups in total. The van der Waals surface area contributed by atoms with E-state index in [0.29, 0.717) is 0 Å². The third kappa shape index (κ3) is 3.48. The van der Waals surface area contributed by atoms with Crippen LogP contribution in [0.1, 0.15) is 24.4 Å². The largest absolute Gasteiger partial charge is 0.495 e. The van der Waals surface area contributed by atoms with Crippen LogP contribution < -0.4 is 15.2 Å². The van der Waals surface area contributed by atoms with E-state index < -0.39 is 0 Å². The maximum absolute atomic E-state index is 6.10. The quantitative estimate of drug-likeness (QED) is 0.819. The first-order chi connectivity index (χ1) is 8.13. The second kappa shape index (κ2) is 6.67. The molecule has 0 aromatic heterocycles. The van der Waals surface area contributed by atoms with Crippen LogP contribution >= 0.6 is 15.9 Å². The van der Waals surface area contributed by atoms with Crippen LogP contribution in [-0.4, -0.2) is 14.2 Å². The van der Waals surface area contributed by atoms with Gasteiger partial charge >= 0.3 is 0 Å². The van der Waals surface area contributed by atoms with Crippen molar-refractivity contribution in [1.29, 1.82) is 0 Å². The molecule has 4 heteroatoms. The lowest BCUT2D eigenvalue weighted by Gasteiger charge is -2.15. The summed E-state index contributed by atoms with van der Waals surface area (Å²) in [5.74, 6) is 1.46. The van der Waals surface area contributed by atoms with E-state index in [1.54, 1.807) is 14.2 Å². The van der Waals surface area contributed by atoms with E-state index in [0.717, 1.165) is 34.4 Å². The topological polar surface area (TPSA) is 44.5 Å². The molecule has 1 atom stereocenters. The first kappa shape index (κ1) is 14.1. The maximum Gasteiger partial charge on any atom is 0.137 e. The van der Waals surface area contributed by atoms with Gasteiger partial charge in [0.1, 0.15) is 16.0 Å². The lowest BCUT2D eigenvalue weighted by atomic mass is 10.0. The first-order valence-electron chi connectivity index (χ1n) is 5.42. The number of nitrogens with two attached hydrogens (primary N) is 1. The van der Waals surface area contributed by atoms with Crippen LogP contribution in [0, 0.1) is 0 Å². The normalized spacial score (nSPS) is 12.0. The number of halogens is 1. The van der Waals surface area contributed by atoms with Gasteiger partial charge in [-0.2, -0.15) is 0 Å². The van der Waals surface area contributed by atoms with Crippen LogP contribution in [0.4, 0.5) is 0 Å². The third-order valence-electron chi connectivity index (χ3n) is 2.58. The van der Waals surface area contributed by atoms with Crippen molar-refractivity contribution in [3.63, 3.8) is 0 Å². The molecule has 0 unspecified atom stereocenters. The Labute approximate surface area is 111 Å². The first-order valence-corrected chi connectivity index (χ1v) is 6.21. The summed E-state index contributed by atoms with van der Waals surface area (Å²) in [6.07, 6.45) is 3.62. The summed E-state index contributed by atoms with van der Waals surface area (Å²) < 4.78 is 11.4. The molecular formula is C13H18BrNO2. The van der Waals surface area contributed by atoms with Crippen molar-refractivity contribution in [2.24, 2.45) is 5.73 Å². The number of allylic oxidation sites excluding steroid dienone is 1. The maximum atomic E-state index is 6.10. The lowest BCUT2D eigenvalue weighted by Crippen LogP contribution is -2.10. The zero-order valence-electron chi connectivity index (χ0n) is 10.2. The molecule has 0 amide bonds. The second-order valence-electron chi connectivity index (χ2n) is 3.71. The van der Waals surface area contributed by atoms with Gasteiger partial charge in [-0.25, -0.2) is 0 Å². The van der Waals surface area contributed by atoms with Gasteiger partial charge in [-0.1, -0.05) is 6.08 Å². The smallest absolute Gasteiger partial charge is 0.137 e. The van der Waals surface area contributed by atoms with Gasteiger partial charge in [-0.3, -0.25) is 0 Å². The van der Waals surface area contributed by atoms with Crippen LogP contribution in [0.25, 0.3) is 0 Å². The minimum atomic E-state index is -0.0381. The SMILES string of the molecule is C=CCC[C@H](N)c1cc(OC)c(Br)c(OC)c1. The van der Waals surface area contributed by atoms with Gasteiger partial charge in [0.2, 0.25) is 0 Å². The van der Waals surface area contributed by atoms with Crippen molar-refractivity contribution >= 4 is 15.9 Å². The standard InChI is InChI=1S/C13H18BrNO2/c1-4-5-6-10(15)9-7-11(16-2)13(14)12(8-9)17-3/h4,7-8,10H,1,5-6,15H2,2-3H3/t10-/m0/s1. The Hall–Kier alpha value is -1.00. The summed E-state index contributed by atoms with van der Waals surface area (Å²) in [7, 11) is 3.25. The number of hydrogen-bond donors (Lipinski definition) is 1. The minimum absolute atomic E-state index is 0.0381. The Morgan fingerprint density at radius 3 is 2.29 bits per heavy atom. The average Bonchev–Trinajstić information content (AvgIpc) is 2.36. The molecule has 0 bridgehead atoms. The van der Waals surface area contributed by atoms with Crippen LogP contribution in [0.15, 0.2) is 29.3 Å². The molecule has 0 aliphatic rings. The molecule has 0 saturated carbocycles. The van der Waals surface area contributed by atoms with Gasteiger partial charge in [-0.05, 0) is 46.5 Å². The van der Waals surface area contributed by atoms with Gasteiger partial charge in [0.25, 0.3) is 0 Å². The van der Waals surface area contributed by atoms with Crippen LogP contribution in [-0.2, 0) is 0 Å². The Balaban J connectivity index is 3.03. The predicted octanol–water partition coefficient (Wildman–Crippen LogP) is 3.43. The van der Waals surface area contributed by atoms with Crippen molar-refractivity contribution < 1.29 is 9.47 Å². The molecule has 94 valence electrons. The highest BCUT2D eigenvalue weighted by Gasteiger charge is 2.13. The fourth-order valence-corrected chi connectivity index (χ4v) is 2.12. The van der Waals surface area contributed by atoms with Gasteiger partial charge in [0, 0.05) is 6.04 Å². The number of hydrogen-bond acceptors (Lipinski definition) is 3. The monoisotopic (exact) mass is 299 g/mol. The fourth-order valence-electron chi connectivity index (χ4n) is 1.57. The lowest BCUT2D eigenvalue weighted by molar-refractivity contribution is 0.387. The van der Waals surface area contributed by atoms with E-state index in [1.807, 2.05) is 18.2 Å². The fraction of sp³-hybridized carbons (Fsp3) is 0.385. The van der Waals surface area contributed by atoms with Crippen molar-refractivity contribution in [1.82, 2.24) is 0 Å². The van der Waals surface area contributed by atoms with Gasteiger partial charge in [0.15, 0.2) is 0 Å². The van der Waals surface area contributed by atoms with E-state index in [4.69, 9.17) is 15.2 Å². The summed E-state index contributed by atoms with van der Waals surface area (Å²) in [6, 6.07) is 3.82. The number of benzene rings is 1.